The Kier molecular flexibility index (Phi) is 3.70. The Balaban J connectivity index is 4.36. The molecule has 1 atom stereocenters. The van der Waals surface area contributed by atoms with E-state index in [0.29, 0.717) is 5.92 Å². The van der Waals surface area contributed by atoms with E-state index in [-0.39, 0.29) is 11.5 Å². The lowest BCUT2D eigenvalue weighted by atomic mass is 9.74. The van der Waals surface area contributed by atoms with E-state index in [9.17, 15) is 4.91 Å². The molecule has 0 aromatic carbocycles. The number of nitroso groups, excluding NO2 is 1. The molecule has 0 aromatic rings. The van der Waals surface area contributed by atoms with E-state index in [4.69, 9.17) is 0 Å². The second-order valence-corrected chi connectivity index (χ2v) is 4.01. The van der Waals surface area contributed by atoms with Gasteiger partial charge in [0.15, 0.2) is 0 Å². The fourth-order valence-electron chi connectivity index (χ4n) is 1.12. The SMILES string of the molecule is CCC(N=O)C(C)(C)C(C)C. The molecule has 0 saturated heterocycles. The minimum absolute atomic E-state index is 0.0382. The highest BCUT2D eigenvalue weighted by Gasteiger charge is 2.32. The van der Waals surface area contributed by atoms with Gasteiger partial charge in [-0.15, -0.1) is 0 Å². The minimum Gasteiger partial charge on any atom is -0.150 e. The van der Waals surface area contributed by atoms with Crippen LogP contribution in [-0.2, 0) is 0 Å². The number of hydrogen-bond acceptors (Lipinski definition) is 2. The van der Waals surface area contributed by atoms with E-state index in [1.54, 1.807) is 0 Å². The van der Waals surface area contributed by atoms with E-state index in [2.05, 4.69) is 32.9 Å². The van der Waals surface area contributed by atoms with Crippen LogP contribution in [0.25, 0.3) is 0 Å². The molecule has 0 bridgehead atoms. The van der Waals surface area contributed by atoms with Crippen LogP contribution in [0.15, 0.2) is 5.18 Å². The molecule has 0 spiro atoms. The zero-order valence-corrected chi connectivity index (χ0v) is 8.22. The van der Waals surface area contributed by atoms with Crippen molar-refractivity contribution in [1.29, 1.82) is 0 Å². The van der Waals surface area contributed by atoms with Crippen LogP contribution in [0.2, 0.25) is 0 Å². The first-order valence-corrected chi connectivity index (χ1v) is 4.29. The van der Waals surface area contributed by atoms with E-state index >= 15 is 0 Å². The molecule has 0 heterocycles. The van der Waals surface area contributed by atoms with Crippen LogP contribution in [0.1, 0.15) is 41.0 Å². The lowest BCUT2D eigenvalue weighted by molar-refractivity contribution is 0.191. The molecule has 0 aliphatic rings. The maximum absolute atomic E-state index is 10.4. The standard InChI is InChI=1S/C9H19NO/c1-6-8(10-11)9(4,5)7(2)3/h7-8H,6H2,1-5H3. The van der Waals surface area contributed by atoms with E-state index in [0.717, 1.165) is 6.42 Å². The minimum atomic E-state index is -0.0394. The van der Waals surface area contributed by atoms with E-state index in [1.807, 2.05) is 6.92 Å². The van der Waals surface area contributed by atoms with Gasteiger partial charge in [0, 0.05) is 0 Å². The second-order valence-electron chi connectivity index (χ2n) is 4.01. The highest BCUT2D eigenvalue weighted by molar-refractivity contribution is 4.85. The summed E-state index contributed by atoms with van der Waals surface area (Å²) in [6.07, 6.45) is 0.842. The van der Waals surface area contributed by atoms with Crippen LogP contribution < -0.4 is 0 Å². The monoisotopic (exact) mass is 157 g/mol. The van der Waals surface area contributed by atoms with Gasteiger partial charge in [-0.05, 0) is 17.8 Å². The number of rotatable bonds is 4. The van der Waals surface area contributed by atoms with E-state index in [1.165, 1.54) is 0 Å². The largest absolute Gasteiger partial charge is 0.150 e. The summed E-state index contributed by atoms with van der Waals surface area (Å²) < 4.78 is 0. The first-order chi connectivity index (χ1) is 4.96. The first kappa shape index (κ1) is 10.6. The fraction of sp³-hybridized carbons (Fsp3) is 1.00. The van der Waals surface area contributed by atoms with Crippen molar-refractivity contribution >= 4 is 0 Å². The fourth-order valence-corrected chi connectivity index (χ4v) is 1.12. The van der Waals surface area contributed by atoms with Crippen molar-refractivity contribution in [2.24, 2.45) is 16.5 Å². The molecule has 0 rings (SSSR count). The maximum Gasteiger partial charge on any atom is 0.0970 e. The van der Waals surface area contributed by atoms with Gasteiger partial charge in [-0.1, -0.05) is 39.8 Å². The van der Waals surface area contributed by atoms with Gasteiger partial charge in [-0.25, -0.2) is 0 Å². The van der Waals surface area contributed by atoms with Crippen LogP contribution in [0.4, 0.5) is 0 Å². The molecule has 2 heteroatoms. The molecule has 0 fully saturated rings. The highest BCUT2D eigenvalue weighted by Crippen LogP contribution is 2.33. The average molecular weight is 157 g/mol. The molecule has 0 radical (unpaired) electrons. The van der Waals surface area contributed by atoms with Crippen LogP contribution in [-0.4, -0.2) is 6.04 Å². The Morgan fingerprint density at radius 2 is 1.82 bits per heavy atom. The lowest BCUT2D eigenvalue weighted by Crippen LogP contribution is -2.32. The molecule has 11 heavy (non-hydrogen) atoms. The van der Waals surface area contributed by atoms with Gasteiger partial charge in [-0.3, -0.25) is 0 Å². The smallest absolute Gasteiger partial charge is 0.0970 e. The molecule has 0 aromatic heterocycles. The number of nitrogens with zero attached hydrogens (tertiary/aromatic N) is 1. The Labute approximate surface area is 69.4 Å². The van der Waals surface area contributed by atoms with Crippen molar-refractivity contribution in [3.63, 3.8) is 0 Å². The van der Waals surface area contributed by atoms with Crippen LogP contribution in [0, 0.1) is 16.2 Å². The third-order valence-electron chi connectivity index (χ3n) is 2.86. The maximum atomic E-state index is 10.4. The van der Waals surface area contributed by atoms with Gasteiger partial charge < -0.3 is 0 Å². The topological polar surface area (TPSA) is 29.4 Å². The van der Waals surface area contributed by atoms with Crippen molar-refractivity contribution in [2.45, 2.75) is 47.1 Å². The lowest BCUT2D eigenvalue weighted by Gasteiger charge is -2.32. The normalized spacial score (nSPS) is 15.1. The first-order valence-electron chi connectivity index (χ1n) is 4.29. The summed E-state index contributed by atoms with van der Waals surface area (Å²) in [6.45, 7) is 10.5. The summed E-state index contributed by atoms with van der Waals surface area (Å²) in [5, 5.41) is 3.15. The van der Waals surface area contributed by atoms with Crippen molar-refractivity contribution in [1.82, 2.24) is 0 Å². The van der Waals surface area contributed by atoms with Gasteiger partial charge in [-0.2, -0.15) is 4.91 Å². The number of hydrogen-bond donors (Lipinski definition) is 0. The van der Waals surface area contributed by atoms with Gasteiger partial charge in [0.1, 0.15) is 0 Å². The van der Waals surface area contributed by atoms with Crippen LogP contribution in [0.5, 0.6) is 0 Å². The molecule has 2 nitrogen and oxygen atoms in total. The third-order valence-corrected chi connectivity index (χ3v) is 2.86. The van der Waals surface area contributed by atoms with Gasteiger partial charge >= 0.3 is 0 Å². The zero-order chi connectivity index (χ0) is 9.07. The summed E-state index contributed by atoms with van der Waals surface area (Å²) in [5.74, 6) is 0.505. The summed E-state index contributed by atoms with van der Waals surface area (Å²) in [7, 11) is 0. The summed E-state index contributed by atoms with van der Waals surface area (Å²) in [6, 6.07) is -0.0394. The van der Waals surface area contributed by atoms with Crippen molar-refractivity contribution in [3.8, 4) is 0 Å². The Morgan fingerprint density at radius 3 is 1.91 bits per heavy atom. The summed E-state index contributed by atoms with van der Waals surface area (Å²) in [4.78, 5) is 10.4. The Hall–Kier alpha value is -0.400. The molecule has 1 unspecified atom stereocenters. The van der Waals surface area contributed by atoms with Crippen LogP contribution in [0.3, 0.4) is 0 Å². The van der Waals surface area contributed by atoms with Crippen LogP contribution >= 0.6 is 0 Å². The van der Waals surface area contributed by atoms with Gasteiger partial charge in [0.05, 0.1) is 6.04 Å². The summed E-state index contributed by atoms with van der Waals surface area (Å²) in [5.41, 5.74) is 0.0382. The molecular formula is C9H19NO. The molecule has 0 aliphatic heterocycles. The van der Waals surface area contributed by atoms with E-state index < -0.39 is 0 Å². The molecule has 0 aliphatic carbocycles. The molecule has 0 amide bonds. The summed E-state index contributed by atoms with van der Waals surface area (Å²) >= 11 is 0. The highest BCUT2D eigenvalue weighted by atomic mass is 16.3. The van der Waals surface area contributed by atoms with Crippen molar-refractivity contribution in [2.75, 3.05) is 0 Å². The molecule has 0 saturated carbocycles. The quantitative estimate of drug-likeness (QED) is 0.576. The average Bonchev–Trinajstić information content (AvgIpc) is 1.89. The molecule has 0 N–H and O–H groups in total. The predicted molar refractivity (Wildman–Crippen MR) is 48.5 cm³/mol. The zero-order valence-electron chi connectivity index (χ0n) is 8.22. The molecule has 66 valence electrons. The second kappa shape index (κ2) is 3.84. The molecular weight excluding hydrogens is 138 g/mol. The Morgan fingerprint density at radius 1 is 1.36 bits per heavy atom. The van der Waals surface area contributed by atoms with Crippen molar-refractivity contribution in [3.05, 3.63) is 4.91 Å². The van der Waals surface area contributed by atoms with Crippen molar-refractivity contribution < 1.29 is 0 Å². The predicted octanol–water partition coefficient (Wildman–Crippen LogP) is 3.21. The van der Waals surface area contributed by atoms with Gasteiger partial charge in [0.25, 0.3) is 0 Å². The van der Waals surface area contributed by atoms with Gasteiger partial charge in [0.2, 0.25) is 0 Å². The Bertz CT molecular complexity index is 130. The third kappa shape index (κ3) is 2.28.